The maximum atomic E-state index is 12.3. The van der Waals surface area contributed by atoms with Crippen LogP contribution in [0.25, 0.3) is 22.2 Å². The first-order valence-electron chi connectivity index (χ1n) is 13.0. The van der Waals surface area contributed by atoms with Gasteiger partial charge in [-0.05, 0) is 45.4 Å². The van der Waals surface area contributed by atoms with Crippen LogP contribution in [-0.2, 0) is 4.79 Å². The van der Waals surface area contributed by atoms with Crippen molar-refractivity contribution in [1.82, 2.24) is 29.7 Å². The number of rotatable bonds is 8. The van der Waals surface area contributed by atoms with E-state index in [0.29, 0.717) is 23.9 Å². The number of carbonyl (C=O) groups is 1. The van der Waals surface area contributed by atoms with Gasteiger partial charge in [0, 0.05) is 67.8 Å². The minimum absolute atomic E-state index is 0.187. The van der Waals surface area contributed by atoms with Crippen LogP contribution in [0.3, 0.4) is 0 Å². The van der Waals surface area contributed by atoms with Crippen molar-refractivity contribution < 1.29 is 4.79 Å². The molecule has 2 N–H and O–H groups in total. The standard InChI is InChI=1S/C29H33N9O/c1-36(2)13-5-8-27(39)33-22-11-12-30-25(18-22)24-7-4-6-21-19-32-29(35-28(21)24)34-23-9-10-26(31-20-23)38-16-14-37(3)15-17-38/h4-12,18-20H,13-17H2,1-3H3,(H,30,33,39)(H,32,34,35)/b8-5+. The van der Waals surface area contributed by atoms with Crippen LogP contribution in [-0.4, -0.2) is 89.5 Å². The number of hydrogen-bond acceptors (Lipinski definition) is 9. The maximum Gasteiger partial charge on any atom is 0.248 e. The molecule has 1 amide bonds. The zero-order valence-corrected chi connectivity index (χ0v) is 22.5. The Morgan fingerprint density at radius 1 is 1.00 bits per heavy atom. The summed E-state index contributed by atoms with van der Waals surface area (Å²) in [6.45, 7) is 4.70. The first kappa shape index (κ1) is 26.2. The minimum atomic E-state index is -0.187. The van der Waals surface area contributed by atoms with Crippen molar-refractivity contribution in [3.63, 3.8) is 0 Å². The highest BCUT2D eigenvalue weighted by Crippen LogP contribution is 2.28. The van der Waals surface area contributed by atoms with Crippen molar-refractivity contribution in [3.05, 3.63) is 73.2 Å². The number of fused-ring (bicyclic) bond motifs is 1. The van der Waals surface area contributed by atoms with Gasteiger partial charge in [0.2, 0.25) is 11.9 Å². The van der Waals surface area contributed by atoms with Gasteiger partial charge < -0.3 is 25.3 Å². The van der Waals surface area contributed by atoms with Gasteiger partial charge in [0.15, 0.2) is 0 Å². The number of nitrogens with zero attached hydrogens (tertiary/aromatic N) is 7. The number of aromatic nitrogens is 4. The lowest BCUT2D eigenvalue weighted by Crippen LogP contribution is -2.44. The Morgan fingerprint density at radius 2 is 1.85 bits per heavy atom. The fraction of sp³-hybridized carbons (Fsp3) is 0.276. The molecule has 1 fully saturated rings. The summed E-state index contributed by atoms with van der Waals surface area (Å²) >= 11 is 0. The molecule has 0 aliphatic carbocycles. The molecule has 1 aromatic carbocycles. The summed E-state index contributed by atoms with van der Waals surface area (Å²) < 4.78 is 0. The van der Waals surface area contributed by atoms with E-state index in [1.54, 1.807) is 18.5 Å². The van der Waals surface area contributed by atoms with Gasteiger partial charge in [-0.15, -0.1) is 0 Å². The van der Waals surface area contributed by atoms with Crippen LogP contribution in [0.5, 0.6) is 0 Å². The summed E-state index contributed by atoms with van der Waals surface area (Å²) in [7, 11) is 6.05. The molecule has 0 unspecified atom stereocenters. The first-order chi connectivity index (χ1) is 18.9. The Balaban J connectivity index is 1.34. The lowest BCUT2D eigenvalue weighted by Gasteiger charge is -2.33. The zero-order chi connectivity index (χ0) is 27.2. The Morgan fingerprint density at radius 3 is 2.62 bits per heavy atom. The van der Waals surface area contributed by atoms with Gasteiger partial charge >= 0.3 is 0 Å². The third-order valence-electron chi connectivity index (χ3n) is 6.49. The van der Waals surface area contributed by atoms with Gasteiger partial charge in [0.25, 0.3) is 0 Å². The molecule has 1 saturated heterocycles. The molecule has 0 radical (unpaired) electrons. The quantitative estimate of drug-likeness (QED) is 0.335. The van der Waals surface area contributed by atoms with Crippen LogP contribution in [0.15, 0.2) is 73.2 Å². The molecule has 10 heteroatoms. The van der Waals surface area contributed by atoms with Gasteiger partial charge in [-0.2, -0.15) is 0 Å². The van der Waals surface area contributed by atoms with E-state index in [9.17, 15) is 4.79 Å². The molecule has 4 aromatic rings. The van der Waals surface area contributed by atoms with Crippen LogP contribution in [0.4, 0.5) is 23.1 Å². The highest BCUT2D eigenvalue weighted by atomic mass is 16.1. The monoisotopic (exact) mass is 523 g/mol. The second-order valence-electron chi connectivity index (χ2n) is 9.84. The summed E-state index contributed by atoms with van der Waals surface area (Å²) in [5.41, 5.74) is 3.79. The molecule has 5 rings (SSSR count). The minimum Gasteiger partial charge on any atom is -0.354 e. The lowest BCUT2D eigenvalue weighted by atomic mass is 10.1. The normalized spacial score (nSPS) is 14.3. The number of nitrogens with one attached hydrogen (secondary N) is 2. The third kappa shape index (κ3) is 6.73. The molecule has 0 spiro atoms. The molecule has 3 aromatic heterocycles. The predicted molar refractivity (Wildman–Crippen MR) is 156 cm³/mol. The third-order valence-corrected chi connectivity index (χ3v) is 6.49. The molecular weight excluding hydrogens is 490 g/mol. The van der Waals surface area contributed by atoms with E-state index >= 15 is 0 Å². The predicted octanol–water partition coefficient (Wildman–Crippen LogP) is 3.64. The van der Waals surface area contributed by atoms with Gasteiger partial charge in [-0.25, -0.2) is 15.0 Å². The van der Waals surface area contributed by atoms with E-state index < -0.39 is 0 Å². The Kier molecular flexibility index (Phi) is 8.04. The molecule has 10 nitrogen and oxygen atoms in total. The summed E-state index contributed by atoms with van der Waals surface area (Å²) in [6.07, 6.45) is 8.65. The van der Waals surface area contributed by atoms with E-state index in [1.807, 2.05) is 67.7 Å². The summed E-state index contributed by atoms with van der Waals surface area (Å²) in [6, 6.07) is 13.5. The largest absolute Gasteiger partial charge is 0.354 e. The number of carbonyl (C=O) groups excluding carboxylic acids is 1. The first-order valence-corrected chi connectivity index (χ1v) is 13.0. The molecule has 1 aliphatic heterocycles. The van der Waals surface area contributed by atoms with E-state index in [4.69, 9.17) is 4.98 Å². The smallest absolute Gasteiger partial charge is 0.248 e. The molecule has 200 valence electrons. The van der Waals surface area contributed by atoms with Crippen LogP contribution in [0.1, 0.15) is 0 Å². The number of piperazine rings is 1. The van der Waals surface area contributed by atoms with Crippen molar-refractivity contribution >= 4 is 40.0 Å². The number of anilines is 4. The van der Waals surface area contributed by atoms with Crippen molar-refractivity contribution in [3.8, 4) is 11.3 Å². The SMILES string of the molecule is CN(C)C/C=C/C(=O)Nc1ccnc(-c2cccc3cnc(Nc4ccc(N5CCN(C)CC5)nc4)nc23)c1. The average molecular weight is 524 g/mol. The number of amides is 1. The molecule has 0 saturated carbocycles. The molecule has 39 heavy (non-hydrogen) atoms. The lowest BCUT2D eigenvalue weighted by molar-refractivity contribution is -0.111. The summed E-state index contributed by atoms with van der Waals surface area (Å²) in [5.74, 6) is 1.26. The fourth-order valence-electron chi connectivity index (χ4n) is 4.34. The van der Waals surface area contributed by atoms with E-state index in [0.717, 1.165) is 54.2 Å². The molecule has 0 bridgehead atoms. The number of para-hydroxylation sites is 1. The van der Waals surface area contributed by atoms with Gasteiger partial charge in [0.05, 0.1) is 23.1 Å². The zero-order valence-electron chi connectivity index (χ0n) is 22.5. The number of pyridine rings is 2. The second kappa shape index (κ2) is 12.0. The molecule has 4 heterocycles. The Labute approximate surface area is 228 Å². The Hall–Kier alpha value is -4.41. The van der Waals surface area contributed by atoms with Crippen molar-refractivity contribution in [1.29, 1.82) is 0 Å². The van der Waals surface area contributed by atoms with Gasteiger partial charge in [-0.3, -0.25) is 9.78 Å². The maximum absolute atomic E-state index is 12.3. The van der Waals surface area contributed by atoms with E-state index in [-0.39, 0.29) is 5.91 Å². The molecule has 0 atom stereocenters. The van der Waals surface area contributed by atoms with Gasteiger partial charge in [0.1, 0.15) is 5.82 Å². The Bertz CT molecular complexity index is 1460. The average Bonchev–Trinajstić information content (AvgIpc) is 2.93. The number of likely N-dealkylation sites (N-methyl/N-ethyl adjacent to an activating group) is 2. The van der Waals surface area contributed by atoms with Crippen molar-refractivity contribution in [2.24, 2.45) is 0 Å². The topological polar surface area (TPSA) is 102 Å². The number of benzene rings is 1. The van der Waals surface area contributed by atoms with Crippen molar-refractivity contribution in [2.45, 2.75) is 0 Å². The van der Waals surface area contributed by atoms with Crippen LogP contribution in [0, 0.1) is 0 Å². The fourth-order valence-corrected chi connectivity index (χ4v) is 4.34. The van der Waals surface area contributed by atoms with Crippen LogP contribution in [0.2, 0.25) is 0 Å². The van der Waals surface area contributed by atoms with Crippen LogP contribution >= 0.6 is 0 Å². The highest BCUT2D eigenvalue weighted by molar-refractivity contribution is 6.00. The van der Waals surface area contributed by atoms with Crippen LogP contribution < -0.4 is 15.5 Å². The molecule has 1 aliphatic rings. The van der Waals surface area contributed by atoms with E-state index in [1.165, 1.54) is 6.08 Å². The van der Waals surface area contributed by atoms with Gasteiger partial charge in [-0.1, -0.05) is 24.3 Å². The summed E-state index contributed by atoms with van der Waals surface area (Å²) in [4.78, 5) is 37.4. The summed E-state index contributed by atoms with van der Waals surface area (Å²) in [5, 5.41) is 7.08. The highest BCUT2D eigenvalue weighted by Gasteiger charge is 2.15. The molecular formula is C29H33N9O. The number of hydrogen-bond donors (Lipinski definition) is 2. The second-order valence-corrected chi connectivity index (χ2v) is 9.84. The van der Waals surface area contributed by atoms with E-state index in [2.05, 4.69) is 42.4 Å². The van der Waals surface area contributed by atoms with Crippen molar-refractivity contribution in [2.75, 3.05) is 69.4 Å².